The van der Waals surface area contributed by atoms with Gasteiger partial charge in [-0.2, -0.15) is 0 Å². The third-order valence-corrected chi connectivity index (χ3v) is 5.32. The van der Waals surface area contributed by atoms with Crippen molar-refractivity contribution < 1.29 is 9.05 Å². The summed E-state index contributed by atoms with van der Waals surface area (Å²) in [6, 6.07) is 0. The maximum Gasteiger partial charge on any atom is 0.140 e. The molecule has 0 saturated heterocycles. The van der Waals surface area contributed by atoms with Gasteiger partial charge in [-0.15, -0.1) is 0 Å². The second kappa shape index (κ2) is 6.73. The molecule has 4 nitrogen and oxygen atoms in total. The first-order valence-electron chi connectivity index (χ1n) is 9.37. The fourth-order valence-corrected chi connectivity index (χ4v) is 4.04. The molecular weight excluding hydrogens is 300 g/mol. The molecule has 1 aliphatic carbocycles. The first kappa shape index (κ1) is 17.2. The molecule has 0 spiro atoms. The Kier molecular flexibility index (Phi) is 4.84. The smallest absolute Gasteiger partial charge is 0.140 e. The van der Waals surface area contributed by atoms with Gasteiger partial charge in [-0.1, -0.05) is 44.9 Å². The zero-order valence-electron chi connectivity index (χ0n) is 15.8. The van der Waals surface area contributed by atoms with Crippen LogP contribution in [-0.4, -0.2) is 10.3 Å². The Balaban J connectivity index is 1.66. The molecule has 132 valence electrons. The Morgan fingerprint density at radius 2 is 1.75 bits per heavy atom. The lowest BCUT2D eigenvalue weighted by Gasteiger charge is -2.07. The van der Waals surface area contributed by atoms with Crippen molar-refractivity contribution in [1.29, 1.82) is 0 Å². The monoisotopic (exact) mass is 330 g/mol. The van der Waals surface area contributed by atoms with Gasteiger partial charge in [0.1, 0.15) is 11.5 Å². The van der Waals surface area contributed by atoms with Crippen LogP contribution in [0.1, 0.15) is 99.2 Å². The van der Waals surface area contributed by atoms with Gasteiger partial charge in [0.05, 0.1) is 11.4 Å². The summed E-state index contributed by atoms with van der Waals surface area (Å²) in [5.74, 6) is 4.28. The number of nitrogens with zero attached hydrogens (tertiary/aromatic N) is 2. The molecule has 0 bridgehead atoms. The fourth-order valence-electron chi connectivity index (χ4n) is 4.04. The lowest BCUT2D eigenvalue weighted by molar-refractivity contribution is 0.370. The van der Waals surface area contributed by atoms with E-state index in [1.165, 1.54) is 23.2 Å². The fraction of sp³-hybridized carbons (Fsp3) is 0.700. The number of rotatable bonds is 7. The second-order valence-corrected chi connectivity index (χ2v) is 7.81. The van der Waals surface area contributed by atoms with Crippen molar-refractivity contribution in [2.75, 3.05) is 0 Å². The summed E-state index contributed by atoms with van der Waals surface area (Å²) in [7, 11) is 0. The molecule has 4 heteroatoms. The van der Waals surface area contributed by atoms with E-state index >= 15 is 0 Å². The summed E-state index contributed by atoms with van der Waals surface area (Å²) < 4.78 is 11.1. The summed E-state index contributed by atoms with van der Waals surface area (Å²) in [5, 5.41) is 8.63. The van der Waals surface area contributed by atoms with Crippen molar-refractivity contribution in [3.8, 4) is 0 Å². The van der Waals surface area contributed by atoms with E-state index in [-0.39, 0.29) is 0 Å². The van der Waals surface area contributed by atoms with E-state index in [9.17, 15) is 0 Å². The topological polar surface area (TPSA) is 52.1 Å². The lowest BCUT2D eigenvalue weighted by atomic mass is 9.96. The van der Waals surface area contributed by atoms with Gasteiger partial charge in [0, 0.05) is 23.5 Å². The van der Waals surface area contributed by atoms with E-state index in [0.29, 0.717) is 23.7 Å². The molecule has 0 amide bonds. The van der Waals surface area contributed by atoms with Gasteiger partial charge in [-0.3, -0.25) is 0 Å². The van der Waals surface area contributed by atoms with Gasteiger partial charge < -0.3 is 9.05 Å². The molecule has 2 unspecified atom stereocenters. The molecule has 24 heavy (non-hydrogen) atoms. The van der Waals surface area contributed by atoms with Gasteiger partial charge in [-0.05, 0) is 43.9 Å². The zero-order chi connectivity index (χ0) is 17.4. The molecule has 3 rings (SSSR count). The van der Waals surface area contributed by atoms with Gasteiger partial charge in [0.15, 0.2) is 0 Å². The number of hydrogen-bond acceptors (Lipinski definition) is 4. The van der Waals surface area contributed by atoms with Gasteiger partial charge in [-0.25, -0.2) is 0 Å². The quantitative estimate of drug-likeness (QED) is 0.671. The van der Waals surface area contributed by atoms with E-state index in [2.05, 4.69) is 44.9 Å². The average Bonchev–Trinajstić information content (AvgIpc) is 3.00. The molecule has 1 fully saturated rings. The predicted octanol–water partition coefficient (Wildman–Crippen LogP) is 5.52. The molecule has 2 aromatic rings. The SMILES string of the molecule is CCc1noc(CCC2CC2c2noc(C)c2C(C)C)c1C(C)C. The maximum absolute atomic E-state index is 5.65. The Hall–Kier alpha value is -1.58. The predicted molar refractivity (Wildman–Crippen MR) is 94.5 cm³/mol. The van der Waals surface area contributed by atoms with E-state index < -0.39 is 0 Å². The number of aromatic nitrogens is 2. The molecule has 1 aliphatic rings. The van der Waals surface area contributed by atoms with Crippen LogP contribution in [0.5, 0.6) is 0 Å². The van der Waals surface area contributed by atoms with Crippen molar-refractivity contribution in [1.82, 2.24) is 10.3 Å². The third kappa shape index (κ3) is 3.15. The van der Waals surface area contributed by atoms with Crippen LogP contribution in [0.3, 0.4) is 0 Å². The van der Waals surface area contributed by atoms with Gasteiger partial charge in [0.25, 0.3) is 0 Å². The minimum absolute atomic E-state index is 0.474. The molecule has 2 atom stereocenters. The van der Waals surface area contributed by atoms with Gasteiger partial charge in [0.2, 0.25) is 0 Å². The maximum atomic E-state index is 5.65. The largest absolute Gasteiger partial charge is 0.361 e. The van der Waals surface area contributed by atoms with E-state index in [0.717, 1.165) is 36.5 Å². The lowest BCUT2D eigenvalue weighted by Crippen LogP contribution is -1.98. The molecule has 0 aromatic carbocycles. The summed E-state index contributed by atoms with van der Waals surface area (Å²) in [6.45, 7) is 13.1. The highest BCUT2D eigenvalue weighted by Crippen LogP contribution is 2.52. The van der Waals surface area contributed by atoms with Crippen LogP contribution in [-0.2, 0) is 12.8 Å². The van der Waals surface area contributed by atoms with Crippen molar-refractivity contribution in [2.24, 2.45) is 5.92 Å². The first-order valence-corrected chi connectivity index (χ1v) is 9.37. The van der Waals surface area contributed by atoms with Crippen LogP contribution < -0.4 is 0 Å². The number of hydrogen-bond donors (Lipinski definition) is 0. The summed E-state index contributed by atoms with van der Waals surface area (Å²) >= 11 is 0. The standard InChI is InChI=1S/C20H30N2O2/c1-7-16-19(12(4)5)17(24-21-16)9-8-14-10-15(14)20-18(11(2)3)13(6)23-22-20/h11-12,14-15H,7-10H2,1-6H3. The van der Waals surface area contributed by atoms with Crippen LogP contribution in [0, 0.1) is 12.8 Å². The van der Waals surface area contributed by atoms with Crippen molar-refractivity contribution in [3.63, 3.8) is 0 Å². The van der Waals surface area contributed by atoms with Crippen LogP contribution in [0.25, 0.3) is 0 Å². The molecule has 2 heterocycles. The highest BCUT2D eigenvalue weighted by molar-refractivity contribution is 5.32. The van der Waals surface area contributed by atoms with Crippen molar-refractivity contribution in [2.45, 2.75) is 85.0 Å². The van der Waals surface area contributed by atoms with Crippen LogP contribution in [0.4, 0.5) is 0 Å². The normalized spacial score (nSPS) is 20.3. The van der Waals surface area contributed by atoms with E-state index in [1.54, 1.807) is 0 Å². The molecule has 1 saturated carbocycles. The Morgan fingerprint density at radius 1 is 1.04 bits per heavy atom. The minimum Gasteiger partial charge on any atom is -0.361 e. The summed E-state index contributed by atoms with van der Waals surface area (Å²) in [4.78, 5) is 0. The Bertz CT molecular complexity index is 697. The summed E-state index contributed by atoms with van der Waals surface area (Å²) in [6.07, 6.45) is 4.29. The zero-order valence-corrected chi connectivity index (χ0v) is 15.8. The van der Waals surface area contributed by atoms with Gasteiger partial charge >= 0.3 is 0 Å². The highest BCUT2D eigenvalue weighted by Gasteiger charge is 2.42. The highest BCUT2D eigenvalue weighted by atomic mass is 16.5. The molecule has 0 radical (unpaired) electrons. The molecule has 0 aliphatic heterocycles. The van der Waals surface area contributed by atoms with Crippen LogP contribution >= 0.6 is 0 Å². The third-order valence-electron chi connectivity index (χ3n) is 5.32. The number of aryl methyl sites for hydroxylation is 3. The summed E-state index contributed by atoms with van der Waals surface area (Å²) in [5.41, 5.74) is 4.97. The Morgan fingerprint density at radius 3 is 2.38 bits per heavy atom. The second-order valence-electron chi connectivity index (χ2n) is 7.81. The minimum atomic E-state index is 0.474. The van der Waals surface area contributed by atoms with Crippen LogP contribution in [0.15, 0.2) is 9.05 Å². The van der Waals surface area contributed by atoms with E-state index in [1.807, 2.05) is 6.92 Å². The first-order chi connectivity index (χ1) is 11.4. The van der Waals surface area contributed by atoms with E-state index in [4.69, 9.17) is 9.05 Å². The average molecular weight is 330 g/mol. The molecule has 2 aromatic heterocycles. The van der Waals surface area contributed by atoms with Crippen molar-refractivity contribution in [3.05, 3.63) is 34.0 Å². The van der Waals surface area contributed by atoms with Crippen molar-refractivity contribution >= 4 is 0 Å². The molecular formula is C20H30N2O2. The molecule has 0 N–H and O–H groups in total. The Labute approximate surface area is 145 Å². The van der Waals surface area contributed by atoms with Crippen LogP contribution in [0.2, 0.25) is 0 Å².